The van der Waals surface area contributed by atoms with Crippen molar-refractivity contribution in [2.24, 2.45) is 0 Å². The number of phenolic OH excluding ortho intramolecular Hbond substituents is 1. The fraction of sp³-hybridized carbons (Fsp3) is 0. The zero-order chi connectivity index (χ0) is 15.1. The third kappa shape index (κ3) is 2.41. The van der Waals surface area contributed by atoms with Gasteiger partial charge in [0.05, 0.1) is 32.2 Å². The Balaban J connectivity index is 2.14. The molecule has 0 amide bonds. The number of fused-ring (bicyclic) bond motifs is 1. The van der Waals surface area contributed by atoms with Crippen LogP contribution in [0.25, 0.3) is 22.4 Å². The van der Waals surface area contributed by atoms with Gasteiger partial charge in [-0.05, 0) is 30.3 Å². The van der Waals surface area contributed by atoms with Crippen LogP contribution >= 0.6 is 23.2 Å². The summed E-state index contributed by atoms with van der Waals surface area (Å²) in [5, 5.41) is 19.6. The van der Waals surface area contributed by atoms with Crippen LogP contribution in [0.5, 0.6) is 5.75 Å². The average molecular weight is 323 g/mol. The zero-order valence-electron chi connectivity index (χ0n) is 10.4. The Morgan fingerprint density at radius 3 is 2.52 bits per heavy atom. The van der Waals surface area contributed by atoms with Crippen molar-refractivity contribution in [2.45, 2.75) is 0 Å². The van der Waals surface area contributed by atoms with Crippen LogP contribution in [0.15, 0.2) is 30.3 Å². The fourth-order valence-electron chi connectivity index (χ4n) is 2.00. The summed E-state index contributed by atoms with van der Waals surface area (Å²) in [7, 11) is 0. The summed E-state index contributed by atoms with van der Waals surface area (Å²) in [4.78, 5) is 18.2. The van der Waals surface area contributed by atoms with Crippen LogP contribution < -0.4 is 0 Å². The van der Waals surface area contributed by atoms with Crippen molar-refractivity contribution in [3.8, 4) is 17.1 Å². The molecule has 3 aromatic rings. The highest BCUT2D eigenvalue weighted by Crippen LogP contribution is 2.32. The lowest BCUT2D eigenvalue weighted by atomic mass is 10.1. The van der Waals surface area contributed by atoms with Crippen molar-refractivity contribution in [1.82, 2.24) is 9.97 Å². The van der Waals surface area contributed by atoms with E-state index in [1.807, 2.05) is 0 Å². The number of aromatic amines is 1. The van der Waals surface area contributed by atoms with E-state index in [2.05, 4.69) is 9.97 Å². The van der Waals surface area contributed by atoms with Gasteiger partial charge in [-0.3, -0.25) is 0 Å². The Morgan fingerprint density at radius 2 is 1.86 bits per heavy atom. The molecule has 0 fully saturated rings. The minimum absolute atomic E-state index is 0.00144. The van der Waals surface area contributed by atoms with E-state index in [0.29, 0.717) is 32.5 Å². The van der Waals surface area contributed by atoms with E-state index in [1.54, 1.807) is 12.1 Å². The molecule has 0 aliphatic carbocycles. The van der Waals surface area contributed by atoms with Crippen molar-refractivity contribution in [3.63, 3.8) is 0 Å². The maximum Gasteiger partial charge on any atom is 0.335 e. The molecule has 7 heteroatoms. The van der Waals surface area contributed by atoms with Crippen LogP contribution in [0.3, 0.4) is 0 Å². The molecule has 0 spiro atoms. The van der Waals surface area contributed by atoms with E-state index < -0.39 is 5.97 Å². The topological polar surface area (TPSA) is 86.2 Å². The minimum atomic E-state index is -1.11. The van der Waals surface area contributed by atoms with Gasteiger partial charge in [-0.15, -0.1) is 0 Å². The molecule has 1 heterocycles. The third-order valence-electron chi connectivity index (χ3n) is 3.02. The van der Waals surface area contributed by atoms with Crippen molar-refractivity contribution >= 4 is 40.2 Å². The number of aromatic hydroxyl groups is 1. The van der Waals surface area contributed by atoms with E-state index in [4.69, 9.17) is 28.3 Å². The fourth-order valence-corrected chi connectivity index (χ4v) is 2.32. The van der Waals surface area contributed by atoms with Crippen LogP contribution in [0.2, 0.25) is 10.0 Å². The van der Waals surface area contributed by atoms with Crippen LogP contribution in [0, 0.1) is 0 Å². The van der Waals surface area contributed by atoms with Crippen molar-refractivity contribution in [3.05, 3.63) is 45.9 Å². The monoisotopic (exact) mass is 322 g/mol. The molecule has 0 unspecified atom stereocenters. The molecule has 2 aromatic carbocycles. The van der Waals surface area contributed by atoms with E-state index in [1.165, 1.54) is 18.2 Å². The Hall–Kier alpha value is -2.24. The van der Waals surface area contributed by atoms with Gasteiger partial charge in [0.1, 0.15) is 11.6 Å². The summed E-state index contributed by atoms with van der Waals surface area (Å²) in [6.07, 6.45) is 0. The molecule has 0 radical (unpaired) electrons. The molecular weight excluding hydrogens is 315 g/mol. The van der Waals surface area contributed by atoms with Gasteiger partial charge in [0.2, 0.25) is 0 Å². The molecule has 0 aliphatic rings. The maximum atomic E-state index is 10.9. The summed E-state index contributed by atoms with van der Waals surface area (Å²) >= 11 is 11.9. The first-order chi connectivity index (χ1) is 9.95. The maximum absolute atomic E-state index is 10.9. The number of benzene rings is 2. The summed E-state index contributed by atoms with van der Waals surface area (Å²) < 4.78 is 0. The molecule has 1 aromatic heterocycles. The second-order valence-electron chi connectivity index (χ2n) is 4.41. The number of halogens is 2. The van der Waals surface area contributed by atoms with Crippen LogP contribution in [-0.2, 0) is 0 Å². The second-order valence-corrected chi connectivity index (χ2v) is 5.22. The molecular formula is C14H8Cl2N2O3. The number of imidazole rings is 1. The van der Waals surface area contributed by atoms with E-state index in [0.717, 1.165) is 0 Å². The molecule has 3 N–H and O–H groups in total. The highest BCUT2D eigenvalue weighted by molar-refractivity contribution is 6.42. The van der Waals surface area contributed by atoms with Gasteiger partial charge in [-0.2, -0.15) is 0 Å². The number of carboxylic acid groups (broad SMARTS) is 1. The molecule has 0 saturated carbocycles. The van der Waals surface area contributed by atoms with Gasteiger partial charge in [0.25, 0.3) is 0 Å². The Kier molecular flexibility index (Phi) is 3.23. The number of hydrogen-bond acceptors (Lipinski definition) is 3. The molecule has 0 aliphatic heterocycles. The van der Waals surface area contributed by atoms with Gasteiger partial charge in [0.15, 0.2) is 0 Å². The lowest BCUT2D eigenvalue weighted by molar-refractivity contribution is 0.0696. The number of carbonyl (C=O) groups is 1. The third-order valence-corrected chi connectivity index (χ3v) is 3.75. The predicted molar refractivity (Wildman–Crippen MR) is 80.2 cm³/mol. The summed E-state index contributed by atoms with van der Waals surface area (Å²) in [5.41, 5.74) is 1.66. The van der Waals surface area contributed by atoms with E-state index in [9.17, 15) is 9.90 Å². The number of hydrogen-bond donors (Lipinski definition) is 3. The smallest absolute Gasteiger partial charge is 0.335 e. The molecule has 0 bridgehead atoms. The first-order valence-corrected chi connectivity index (χ1v) is 6.63. The van der Waals surface area contributed by atoms with Gasteiger partial charge in [-0.1, -0.05) is 23.2 Å². The number of rotatable bonds is 2. The molecule has 5 nitrogen and oxygen atoms in total. The van der Waals surface area contributed by atoms with Crippen molar-refractivity contribution in [1.29, 1.82) is 0 Å². The summed E-state index contributed by atoms with van der Waals surface area (Å²) in [6, 6.07) is 7.30. The average Bonchev–Trinajstić information content (AvgIpc) is 2.81. The van der Waals surface area contributed by atoms with Gasteiger partial charge >= 0.3 is 5.97 Å². The van der Waals surface area contributed by atoms with Gasteiger partial charge < -0.3 is 15.2 Å². The SMILES string of the molecule is O=C(O)c1ccc(-c2nc3cc(Cl)c(Cl)cc3[nH]2)c(O)c1. The summed E-state index contributed by atoms with van der Waals surface area (Å²) in [5.74, 6) is -0.885. The molecule has 3 rings (SSSR count). The largest absolute Gasteiger partial charge is 0.507 e. The normalized spacial score (nSPS) is 11.0. The molecule has 0 saturated heterocycles. The Labute approximate surface area is 128 Å². The Bertz CT molecular complexity index is 835. The first-order valence-electron chi connectivity index (χ1n) is 5.87. The standard InChI is InChI=1S/C14H8Cl2N2O3/c15-8-4-10-11(5-9(8)16)18-13(17-10)7-2-1-6(14(20)21)3-12(7)19/h1-5,19H,(H,17,18)(H,20,21). The number of phenols is 1. The number of H-pyrrole nitrogens is 1. The number of nitrogens with zero attached hydrogens (tertiary/aromatic N) is 1. The lowest BCUT2D eigenvalue weighted by Crippen LogP contribution is -1.95. The summed E-state index contributed by atoms with van der Waals surface area (Å²) in [6.45, 7) is 0. The van der Waals surface area contributed by atoms with E-state index >= 15 is 0 Å². The Morgan fingerprint density at radius 1 is 1.14 bits per heavy atom. The van der Waals surface area contributed by atoms with Gasteiger partial charge in [0, 0.05) is 0 Å². The second kappa shape index (κ2) is 4.95. The molecule has 0 atom stereocenters. The minimum Gasteiger partial charge on any atom is -0.507 e. The van der Waals surface area contributed by atoms with Crippen LogP contribution in [0.1, 0.15) is 10.4 Å². The van der Waals surface area contributed by atoms with Gasteiger partial charge in [-0.25, -0.2) is 9.78 Å². The first kappa shape index (κ1) is 13.7. The lowest BCUT2D eigenvalue weighted by Gasteiger charge is -2.02. The van der Waals surface area contributed by atoms with Crippen molar-refractivity contribution < 1.29 is 15.0 Å². The molecule has 106 valence electrons. The number of carboxylic acids is 1. The number of nitrogens with one attached hydrogen (secondary N) is 1. The van der Waals surface area contributed by atoms with Crippen molar-refractivity contribution in [2.75, 3.05) is 0 Å². The zero-order valence-corrected chi connectivity index (χ0v) is 11.9. The number of aromatic nitrogens is 2. The predicted octanol–water partition coefficient (Wildman–Crippen LogP) is 3.94. The highest BCUT2D eigenvalue weighted by Gasteiger charge is 2.13. The number of aromatic carboxylic acids is 1. The van der Waals surface area contributed by atoms with Crippen LogP contribution in [-0.4, -0.2) is 26.2 Å². The quantitative estimate of drug-likeness (QED) is 0.667. The van der Waals surface area contributed by atoms with Crippen LogP contribution in [0.4, 0.5) is 0 Å². The highest BCUT2D eigenvalue weighted by atomic mass is 35.5. The van der Waals surface area contributed by atoms with E-state index in [-0.39, 0.29) is 11.3 Å². The molecule has 21 heavy (non-hydrogen) atoms.